The molecule has 0 unspecified atom stereocenters. The number of carbonyl (C=O) groups is 1. The summed E-state index contributed by atoms with van der Waals surface area (Å²) in [4.78, 5) is 24.5. The van der Waals surface area contributed by atoms with Gasteiger partial charge in [0.2, 0.25) is 5.91 Å². The molecular formula is C17H30IN5OS. The van der Waals surface area contributed by atoms with Crippen molar-refractivity contribution in [2.45, 2.75) is 46.1 Å². The number of halogens is 1. The Morgan fingerprint density at radius 2 is 2.04 bits per heavy atom. The van der Waals surface area contributed by atoms with E-state index in [9.17, 15) is 4.79 Å². The van der Waals surface area contributed by atoms with Crippen LogP contribution in [0, 0.1) is 12.3 Å². The minimum atomic E-state index is -0.294. The lowest BCUT2D eigenvalue weighted by molar-refractivity contribution is -0.138. The number of aromatic nitrogens is 1. The van der Waals surface area contributed by atoms with Crippen molar-refractivity contribution in [3.63, 3.8) is 0 Å². The van der Waals surface area contributed by atoms with Gasteiger partial charge in [-0.3, -0.25) is 4.79 Å². The van der Waals surface area contributed by atoms with Crippen molar-refractivity contribution in [3.05, 3.63) is 16.1 Å². The van der Waals surface area contributed by atoms with Crippen LogP contribution in [0.25, 0.3) is 0 Å². The molecule has 142 valence electrons. The molecular weight excluding hydrogens is 449 g/mol. The molecule has 1 saturated carbocycles. The number of guanidine groups is 1. The van der Waals surface area contributed by atoms with Gasteiger partial charge in [0.1, 0.15) is 5.01 Å². The number of nitrogens with one attached hydrogen (secondary N) is 2. The molecule has 1 aliphatic carbocycles. The fourth-order valence-corrected chi connectivity index (χ4v) is 3.92. The van der Waals surface area contributed by atoms with Crippen molar-refractivity contribution in [1.82, 2.24) is 20.5 Å². The third-order valence-corrected chi connectivity index (χ3v) is 5.30. The number of aryl methyl sites for hydroxylation is 1. The second-order valence-electron chi connectivity index (χ2n) is 6.60. The normalized spacial score (nSPS) is 16.2. The summed E-state index contributed by atoms with van der Waals surface area (Å²) in [5.74, 6) is 0.974. The van der Waals surface area contributed by atoms with E-state index in [1.807, 2.05) is 34.1 Å². The molecule has 8 heteroatoms. The van der Waals surface area contributed by atoms with Crippen LogP contribution in [-0.4, -0.2) is 48.9 Å². The summed E-state index contributed by atoms with van der Waals surface area (Å²) in [5.41, 5.74) is -0.294. The molecule has 1 amide bonds. The zero-order chi connectivity index (χ0) is 17.6. The molecule has 0 saturated heterocycles. The van der Waals surface area contributed by atoms with Gasteiger partial charge in [0, 0.05) is 38.3 Å². The fraction of sp³-hybridized carbons (Fsp3) is 0.706. The van der Waals surface area contributed by atoms with Crippen LogP contribution in [0.5, 0.6) is 0 Å². The van der Waals surface area contributed by atoms with Gasteiger partial charge in [-0.15, -0.1) is 35.3 Å². The van der Waals surface area contributed by atoms with Crippen molar-refractivity contribution in [1.29, 1.82) is 0 Å². The van der Waals surface area contributed by atoms with Crippen molar-refractivity contribution in [2.24, 2.45) is 10.4 Å². The van der Waals surface area contributed by atoms with Crippen LogP contribution < -0.4 is 10.6 Å². The van der Waals surface area contributed by atoms with E-state index in [0.717, 1.165) is 43.2 Å². The summed E-state index contributed by atoms with van der Waals surface area (Å²) in [6, 6.07) is 0. The smallest absolute Gasteiger partial charge is 0.230 e. The first-order chi connectivity index (χ1) is 11.5. The topological polar surface area (TPSA) is 69.6 Å². The zero-order valence-electron chi connectivity index (χ0n) is 15.6. The molecule has 0 aliphatic heterocycles. The molecule has 1 heterocycles. The Morgan fingerprint density at radius 1 is 1.36 bits per heavy atom. The van der Waals surface area contributed by atoms with Crippen molar-refractivity contribution >= 4 is 47.2 Å². The van der Waals surface area contributed by atoms with Crippen LogP contribution >= 0.6 is 35.3 Å². The average molecular weight is 479 g/mol. The van der Waals surface area contributed by atoms with Gasteiger partial charge < -0.3 is 15.5 Å². The first kappa shape index (κ1) is 22.1. The number of thiazole rings is 1. The predicted molar refractivity (Wildman–Crippen MR) is 115 cm³/mol. The number of hydrogen-bond acceptors (Lipinski definition) is 4. The Morgan fingerprint density at radius 3 is 2.56 bits per heavy atom. The molecule has 0 radical (unpaired) electrons. The van der Waals surface area contributed by atoms with E-state index in [2.05, 4.69) is 20.6 Å². The van der Waals surface area contributed by atoms with Gasteiger partial charge in [0.05, 0.1) is 12.0 Å². The summed E-state index contributed by atoms with van der Waals surface area (Å²) in [6.45, 7) is 6.07. The van der Waals surface area contributed by atoms with Crippen molar-refractivity contribution < 1.29 is 4.79 Å². The maximum atomic E-state index is 12.6. The van der Waals surface area contributed by atoms with E-state index in [0.29, 0.717) is 13.1 Å². The summed E-state index contributed by atoms with van der Waals surface area (Å²) < 4.78 is 0. The standard InChI is InChI=1S/C17H29N5OS.HI/c1-5-18-16(20-11-14-19-10-13(2)24-14)21-12-17(8-6-7-9-17)15(23)22(3)4;/h10H,5-9,11-12H2,1-4H3,(H2,18,20,21);1H. The lowest BCUT2D eigenvalue weighted by Gasteiger charge is -2.31. The summed E-state index contributed by atoms with van der Waals surface area (Å²) in [6.07, 6.45) is 6.00. The molecule has 0 atom stereocenters. The lowest BCUT2D eigenvalue weighted by atomic mass is 9.84. The highest BCUT2D eigenvalue weighted by Gasteiger charge is 2.42. The van der Waals surface area contributed by atoms with Crippen LogP contribution in [0.15, 0.2) is 11.2 Å². The molecule has 1 fully saturated rings. The third-order valence-electron chi connectivity index (χ3n) is 4.40. The number of aliphatic imine (C=N–C) groups is 1. The van der Waals surface area contributed by atoms with E-state index in [4.69, 9.17) is 0 Å². The van der Waals surface area contributed by atoms with Crippen LogP contribution in [-0.2, 0) is 11.3 Å². The highest BCUT2D eigenvalue weighted by Crippen LogP contribution is 2.38. The molecule has 6 nitrogen and oxygen atoms in total. The quantitative estimate of drug-likeness (QED) is 0.374. The Kier molecular flexibility index (Phi) is 9.12. The van der Waals surface area contributed by atoms with Crippen LogP contribution in [0.3, 0.4) is 0 Å². The lowest BCUT2D eigenvalue weighted by Crippen LogP contribution is -2.49. The molecule has 1 aromatic rings. The molecule has 1 aromatic heterocycles. The zero-order valence-corrected chi connectivity index (χ0v) is 18.7. The van der Waals surface area contributed by atoms with Gasteiger partial charge in [0.15, 0.2) is 5.96 Å². The highest BCUT2D eigenvalue weighted by atomic mass is 127. The second-order valence-corrected chi connectivity index (χ2v) is 7.92. The van der Waals surface area contributed by atoms with E-state index >= 15 is 0 Å². The molecule has 0 bridgehead atoms. The van der Waals surface area contributed by atoms with Crippen molar-refractivity contribution in [3.8, 4) is 0 Å². The first-order valence-corrected chi connectivity index (χ1v) is 9.44. The molecule has 0 aromatic carbocycles. The highest BCUT2D eigenvalue weighted by molar-refractivity contribution is 14.0. The number of amides is 1. The van der Waals surface area contributed by atoms with Crippen LogP contribution in [0.4, 0.5) is 0 Å². The SMILES string of the molecule is CCNC(=NCc1ncc(C)s1)NCC1(C(=O)N(C)C)CCCC1.I. The second kappa shape index (κ2) is 10.3. The Bertz CT molecular complexity index is 581. The van der Waals surface area contributed by atoms with Gasteiger partial charge in [-0.25, -0.2) is 9.98 Å². The Balaban J connectivity index is 0.00000312. The Hall–Kier alpha value is -0.900. The summed E-state index contributed by atoms with van der Waals surface area (Å²) >= 11 is 1.66. The van der Waals surface area contributed by atoms with Gasteiger partial charge >= 0.3 is 0 Å². The van der Waals surface area contributed by atoms with Gasteiger partial charge in [0.25, 0.3) is 0 Å². The van der Waals surface area contributed by atoms with Gasteiger partial charge in [-0.2, -0.15) is 0 Å². The molecule has 2 N–H and O–H groups in total. The van der Waals surface area contributed by atoms with Crippen LogP contribution in [0.2, 0.25) is 0 Å². The van der Waals surface area contributed by atoms with E-state index in [1.165, 1.54) is 4.88 Å². The molecule has 0 spiro atoms. The maximum Gasteiger partial charge on any atom is 0.230 e. The first-order valence-electron chi connectivity index (χ1n) is 8.62. The van der Waals surface area contributed by atoms with Gasteiger partial charge in [-0.1, -0.05) is 12.8 Å². The maximum absolute atomic E-state index is 12.6. The fourth-order valence-electron chi connectivity index (χ4n) is 3.21. The predicted octanol–water partition coefficient (Wildman–Crippen LogP) is 2.77. The van der Waals surface area contributed by atoms with Crippen molar-refractivity contribution in [2.75, 3.05) is 27.2 Å². The van der Waals surface area contributed by atoms with Crippen LogP contribution in [0.1, 0.15) is 42.5 Å². The molecule has 25 heavy (non-hydrogen) atoms. The monoisotopic (exact) mass is 479 g/mol. The minimum Gasteiger partial charge on any atom is -0.357 e. The third kappa shape index (κ3) is 6.09. The summed E-state index contributed by atoms with van der Waals surface area (Å²) in [7, 11) is 3.68. The van der Waals surface area contributed by atoms with E-state index in [-0.39, 0.29) is 35.3 Å². The van der Waals surface area contributed by atoms with E-state index < -0.39 is 0 Å². The van der Waals surface area contributed by atoms with E-state index in [1.54, 1.807) is 16.2 Å². The molecule has 1 aliphatic rings. The average Bonchev–Trinajstić information content (AvgIpc) is 3.19. The molecule has 2 rings (SSSR count). The number of nitrogens with zero attached hydrogens (tertiary/aromatic N) is 3. The summed E-state index contributed by atoms with van der Waals surface area (Å²) in [5, 5.41) is 7.65. The minimum absolute atomic E-state index is 0. The Labute approximate surface area is 171 Å². The number of hydrogen-bond donors (Lipinski definition) is 2. The largest absolute Gasteiger partial charge is 0.357 e. The number of rotatable bonds is 6. The number of carbonyl (C=O) groups excluding carboxylic acids is 1. The van der Waals surface area contributed by atoms with Gasteiger partial charge in [-0.05, 0) is 26.7 Å².